The van der Waals surface area contributed by atoms with Crippen molar-refractivity contribution >= 4 is 5.78 Å². The minimum absolute atomic E-state index is 0.0650. The molecule has 0 saturated carbocycles. The quantitative estimate of drug-likeness (QED) is 0.485. The number of aliphatic hydroxyl groups excluding tert-OH is 2. The summed E-state index contributed by atoms with van der Waals surface area (Å²) < 4.78 is 21.2. The van der Waals surface area contributed by atoms with Gasteiger partial charge in [-0.1, -0.05) is 6.07 Å². The molecule has 0 amide bonds. The van der Waals surface area contributed by atoms with Crippen molar-refractivity contribution in [2.24, 2.45) is 0 Å². The van der Waals surface area contributed by atoms with Crippen LogP contribution in [-0.4, -0.2) is 61.7 Å². The fourth-order valence-corrected chi connectivity index (χ4v) is 2.80. The van der Waals surface area contributed by atoms with Gasteiger partial charge in [0.2, 0.25) is 11.5 Å². The zero-order valence-corrected chi connectivity index (χ0v) is 16.7. The van der Waals surface area contributed by atoms with E-state index in [1.54, 1.807) is 18.2 Å². The minimum Gasteiger partial charge on any atom is -0.502 e. The van der Waals surface area contributed by atoms with Gasteiger partial charge in [0.15, 0.2) is 29.1 Å². The number of aryl methyl sites for hydroxylation is 1. The van der Waals surface area contributed by atoms with Crippen molar-refractivity contribution in [2.75, 3.05) is 34.5 Å². The molecule has 8 nitrogen and oxygen atoms in total. The molecular weight excluding hydrogens is 380 g/mol. The van der Waals surface area contributed by atoms with E-state index < -0.39 is 18.5 Å². The van der Waals surface area contributed by atoms with E-state index in [1.165, 1.54) is 33.5 Å². The Morgan fingerprint density at radius 1 is 0.931 bits per heavy atom. The second kappa shape index (κ2) is 10.5. The molecule has 29 heavy (non-hydrogen) atoms. The summed E-state index contributed by atoms with van der Waals surface area (Å²) in [5.74, 6) is 0.0898. The fourth-order valence-electron chi connectivity index (χ4n) is 2.80. The van der Waals surface area contributed by atoms with Crippen molar-refractivity contribution in [1.29, 1.82) is 0 Å². The highest BCUT2D eigenvalue weighted by Crippen LogP contribution is 2.38. The first kappa shape index (κ1) is 22.3. The maximum Gasteiger partial charge on any atom is 0.205 e. The van der Waals surface area contributed by atoms with Gasteiger partial charge >= 0.3 is 0 Å². The summed E-state index contributed by atoms with van der Waals surface area (Å²) in [7, 11) is 4.18. The maximum absolute atomic E-state index is 12.9. The third-order valence-electron chi connectivity index (χ3n) is 4.34. The van der Waals surface area contributed by atoms with E-state index in [9.17, 15) is 15.0 Å². The number of carbonyl (C=O) groups excluding carboxylic acids is 1. The molecule has 0 aliphatic rings. The Labute approximate surface area is 169 Å². The highest BCUT2D eigenvalue weighted by atomic mass is 16.5. The Balaban J connectivity index is 2.29. The van der Waals surface area contributed by atoms with Crippen molar-refractivity contribution in [3.8, 4) is 28.7 Å². The SMILES string of the molecule is COc1cc(CCCO)ccc1OC(CO)C(=O)c1cc(OC)c(O)c(OC)c1. The van der Waals surface area contributed by atoms with Crippen LogP contribution in [0.1, 0.15) is 22.3 Å². The standard InChI is InChI=1S/C21H26O8/c1-26-16-9-13(5-4-8-22)6-7-15(16)29-19(12-23)20(24)14-10-17(27-2)21(25)18(11-14)28-3/h6-7,9-11,19,22-23,25H,4-5,8,12H2,1-3H3. The van der Waals surface area contributed by atoms with E-state index in [1.807, 2.05) is 0 Å². The third-order valence-corrected chi connectivity index (χ3v) is 4.34. The molecule has 0 bridgehead atoms. The first-order valence-electron chi connectivity index (χ1n) is 9.03. The van der Waals surface area contributed by atoms with Crippen LogP contribution in [0.4, 0.5) is 0 Å². The van der Waals surface area contributed by atoms with E-state index in [0.717, 1.165) is 5.56 Å². The lowest BCUT2D eigenvalue weighted by Crippen LogP contribution is -2.31. The molecule has 0 spiro atoms. The van der Waals surface area contributed by atoms with Gasteiger partial charge < -0.3 is 34.3 Å². The summed E-state index contributed by atoms with van der Waals surface area (Å²) in [5, 5.41) is 28.7. The maximum atomic E-state index is 12.9. The van der Waals surface area contributed by atoms with E-state index in [0.29, 0.717) is 24.3 Å². The number of hydrogen-bond acceptors (Lipinski definition) is 8. The number of benzene rings is 2. The van der Waals surface area contributed by atoms with Crippen molar-refractivity contribution in [2.45, 2.75) is 18.9 Å². The molecule has 158 valence electrons. The lowest BCUT2D eigenvalue weighted by atomic mass is 10.0. The summed E-state index contributed by atoms with van der Waals surface area (Å²) in [6.07, 6.45) is 0.0833. The number of phenolic OH excluding ortho intramolecular Hbond substituents is 1. The smallest absolute Gasteiger partial charge is 0.205 e. The number of hydrogen-bond donors (Lipinski definition) is 3. The van der Waals surface area contributed by atoms with Crippen LogP contribution < -0.4 is 18.9 Å². The number of aromatic hydroxyl groups is 1. The largest absolute Gasteiger partial charge is 0.502 e. The van der Waals surface area contributed by atoms with Gasteiger partial charge in [-0.15, -0.1) is 0 Å². The second-order valence-electron chi connectivity index (χ2n) is 6.20. The molecule has 1 atom stereocenters. The van der Waals surface area contributed by atoms with Gasteiger partial charge in [-0.05, 0) is 42.7 Å². The first-order chi connectivity index (χ1) is 14.0. The Morgan fingerprint density at radius 2 is 1.55 bits per heavy atom. The van der Waals surface area contributed by atoms with Crippen molar-refractivity contribution in [3.05, 3.63) is 41.5 Å². The molecule has 0 aliphatic heterocycles. The number of Topliss-reactive ketones (excluding diaryl/α,β-unsaturated/α-hetero) is 1. The van der Waals surface area contributed by atoms with Crippen LogP contribution >= 0.6 is 0 Å². The molecule has 2 aromatic rings. The zero-order chi connectivity index (χ0) is 21.4. The number of phenols is 1. The van der Waals surface area contributed by atoms with Crippen LogP contribution in [0.5, 0.6) is 28.7 Å². The molecular formula is C21H26O8. The molecule has 0 heterocycles. The second-order valence-corrected chi connectivity index (χ2v) is 6.20. The molecule has 0 saturated heterocycles. The molecule has 2 rings (SSSR count). The molecule has 2 aromatic carbocycles. The number of carbonyl (C=O) groups is 1. The Kier molecular flexibility index (Phi) is 8.11. The molecule has 0 fully saturated rings. The van der Waals surface area contributed by atoms with Gasteiger partial charge in [-0.3, -0.25) is 4.79 Å². The number of rotatable bonds is 11. The Morgan fingerprint density at radius 3 is 2.07 bits per heavy atom. The zero-order valence-electron chi connectivity index (χ0n) is 16.7. The first-order valence-corrected chi connectivity index (χ1v) is 9.03. The number of aliphatic hydroxyl groups is 2. The van der Waals surface area contributed by atoms with Crippen LogP contribution in [-0.2, 0) is 6.42 Å². The van der Waals surface area contributed by atoms with Crippen molar-refractivity contribution in [1.82, 2.24) is 0 Å². The highest BCUT2D eigenvalue weighted by molar-refractivity contribution is 6.01. The topological polar surface area (TPSA) is 115 Å². The highest BCUT2D eigenvalue weighted by Gasteiger charge is 2.25. The normalized spacial score (nSPS) is 11.6. The lowest BCUT2D eigenvalue weighted by molar-refractivity contribution is 0.0651. The fraction of sp³-hybridized carbons (Fsp3) is 0.381. The molecule has 0 radical (unpaired) electrons. The summed E-state index contributed by atoms with van der Waals surface area (Å²) in [5.41, 5.74) is 1.09. The molecule has 0 aliphatic carbocycles. The van der Waals surface area contributed by atoms with Gasteiger partial charge in [-0.25, -0.2) is 0 Å². The Bertz CT molecular complexity index is 808. The molecule has 1 unspecified atom stereocenters. The van der Waals surface area contributed by atoms with Crippen LogP contribution in [0.15, 0.2) is 30.3 Å². The third kappa shape index (κ3) is 5.30. The van der Waals surface area contributed by atoms with E-state index in [-0.39, 0.29) is 29.4 Å². The summed E-state index contributed by atoms with van der Waals surface area (Å²) >= 11 is 0. The van der Waals surface area contributed by atoms with Crippen molar-refractivity contribution < 1.29 is 39.1 Å². The lowest BCUT2D eigenvalue weighted by Gasteiger charge is -2.19. The van der Waals surface area contributed by atoms with Crippen molar-refractivity contribution in [3.63, 3.8) is 0 Å². The average Bonchev–Trinajstić information content (AvgIpc) is 2.75. The van der Waals surface area contributed by atoms with Gasteiger partial charge in [0.1, 0.15) is 0 Å². The van der Waals surface area contributed by atoms with Gasteiger partial charge in [-0.2, -0.15) is 0 Å². The van der Waals surface area contributed by atoms with Gasteiger partial charge in [0.05, 0.1) is 27.9 Å². The predicted octanol–water partition coefficient (Wildman–Crippen LogP) is 1.97. The monoisotopic (exact) mass is 406 g/mol. The van der Waals surface area contributed by atoms with E-state index in [4.69, 9.17) is 24.1 Å². The Hall–Kier alpha value is -2.97. The number of methoxy groups -OCH3 is 3. The van der Waals surface area contributed by atoms with Crippen LogP contribution in [0.2, 0.25) is 0 Å². The predicted molar refractivity (Wildman–Crippen MR) is 105 cm³/mol. The average molecular weight is 406 g/mol. The van der Waals surface area contributed by atoms with Gasteiger partial charge in [0.25, 0.3) is 0 Å². The summed E-state index contributed by atoms with van der Waals surface area (Å²) in [6, 6.07) is 7.91. The molecule has 3 N–H and O–H groups in total. The molecule has 8 heteroatoms. The van der Waals surface area contributed by atoms with Crippen LogP contribution in [0.25, 0.3) is 0 Å². The number of ketones is 1. The number of ether oxygens (including phenoxy) is 4. The molecule has 0 aromatic heterocycles. The summed E-state index contributed by atoms with van der Waals surface area (Å²) in [6.45, 7) is -0.485. The van der Waals surface area contributed by atoms with E-state index in [2.05, 4.69) is 0 Å². The van der Waals surface area contributed by atoms with Crippen LogP contribution in [0, 0.1) is 0 Å². The minimum atomic E-state index is -1.20. The van der Waals surface area contributed by atoms with Gasteiger partial charge in [0, 0.05) is 12.2 Å². The van der Waals surface area contributed by atoms with E-state index >= 15 is 0 Å². The summed E-state index contributed by atoms with van der Waals surface area (Å²) in [4.78, 5) is 12.9. The van der Waals surface area contributed by atoms with Crippen LogP contribution in [0.3, 0.4) is 0 Å².